The van der Waals surface area contributed by atoms with Gasteiger partial charge in [-0.1, -0.05) is 12.5 Å². The van der Waals surface area contributed by atoms with Gasteiger partial charge in [-0.05, 0) is 92.7 Å². The van der Waals surface area contributed by atoms with Crippen molar-refractivity contribution in [3.8, 4) is 0 Å². The highest BCUT2D eigenvalue weighted by Gasteiger charge is 2.33. The molecule has 0 spiro atoms. The lowest BCUT2D eigenvalue weighted by atomic mass is 9.80. The van der Waals surface area contributed by atoms with E-state index in [1.807, 2.05) is 6.07 Å². The molecule has 2 aliphatic rings. The van der Waals surface area contributed by atoms with Gasteiger partial charge in [0.25, 0.3) is 0 Å². The number of hydrogen-bond donors (Lipinski definition) is 4. The number of aliphatic carboxylic acids is 1. The minimum absolute atomic E-state index is 0.0630. The monoisotopic (exact) mass is 418 g/mol. The molecule has 3 rings (SSSR count). The van der Waals surface area contributed by atoms with Crippen LogP contribution in [0.3, 0.4) is 0 Å². The number of hydrogen-bond acceptors (Lipinski definition) is 5. The maximum absolute atomic E-state index is 13.8. The van der Waals surface area contributed by atoms with Gasteiger partial charge >= 0.3 is 13.1 Å². The second kappa shape index (κ2) is 10.5. The predicted octanol–water partition coefficient (Wildman–Crippen LogP) is 2.51. The topological polar surface area (TPSA) is 107 Å². The molecule has 5 N–H and O–H groups in total. The molecule has 30 heavy (non-hydrogen) atoms. The smallest absolute Gasteiger partial charge is 0.451 e. The van der Waals surface area contributed by atoms with E-state index in [2.05, 4.69) is 4.90 Å². The van der Waals surface area contributed by atoms with E-state index in [4.69, 9.17) is 15.8 Å². The Bertz CT molecular complexity index is 778. The van der Waals surface area contributed by atoms with E-state index in [0.717, 1.165) is 50.8 Å². The number of nitrogens with two attached hydrogens (primary N) is 1. The van der Waals surface area contributed by atoms with Crippen LogP contribution in [0.5, 0.6) is 0 Å². The van der Waals surface area contributed by atoms with Gasteiger partial charge in [0.1, 0.15) is 5.82 Å². The van der Waals surface area contributed by atoms with Gasteiger partial charge in [0.05, 0.1) is 0 Å². The van der Waals surface area contributed by atoms with Crippen LogP contribution in [0.4, 0.5) is 4.39 Å². The lowest BCUT2D eigenvalue weighted by molar-refractivity contribution is -0.133. The largest absolute Gasteiger partial charge is 0.478 e. The van der Waals surface area contributed by atoms with Gasteiger partial charge in [-0.3, -0.25) is 4.90 Å². The molecule has 8 heteroatoms. The Morgan fingerprint density at radius 2 is 1.97 bits per heavy atom. The molecule has 6 nitrogen and oxygen atoms in total. The summed E-state index contributed by atoms with van der Waals surface area (Å²) in [4.78, 5) is 14.4. The predicted molar refractivity (Wildman–Crippen MR) is 114 cm³/mol. The maximum atomic E-state index is 13.8. The Balaban J connectivity index is 1.70. The van der Waals surface area contributed by atoms with Gasteiger partial charge in [0, 0.05) is 18.2 Å². The summed E-state index contributed by atoms with van der Waals surface area (Å²) in [5.74, 6) is -1.19. The lowest BCUT2D eigenvalue weighted by Crippen LogP contribution is -2.39. The highest BCUT2D eigenvalue weighted by atomic mass is 19.1. The fourth-order valence-electron chi connectivity index (χ4n) is 5.08. The second-order valence-corrected chi connectivity index (χ2v) is 8.46. The van der Waals surface area contributed by atoms with Crippen molar-refractivity contribution in [1.82, 2.24) is 4.90 Å². The van der Waals surface area contributed by atoms with Crippen molar-refractivity contribution in [3.05, 3.63) is 46.3 Å². The van der Waals surface area contributed by atoms with E-state index in [9.17, 15) is 14.3 Å². The van der Waals surface area contributed by atoms with Crippen LogP contribution in [0.1, 0.15) is 55.7 Å². The summed E-state index contributed by atoms with van der Waals surface area (Å²) in [7, 11) is -1.39. The molecule has 0 radical (unpaired) electrons. The molecule has 1 aliphatic heterocycles. The van der Waals surface area contributed by atoms with Crippen LogP contribution >= 0.6 is 0 Å². The number of carboxylic acid groups (broad SMARTS) is 1. The summed E-state index contributed by atoms with van der Waals surface area (Å²) in [5.41, 5.74) is 9.26. The van der Waals surface area contributed by atoms with Gasteiger partial charge in [0.2, 0.25) is 0 Å². The number of rotatable bonds is 8. The average Bonchev–Trinajstić information content (AvgIpc) is 2.72. The third-order valence-corrected chi connectivity index (χ3v) is 6.57. The van der Waals surface area contributed by atoms with Crippen molar-refractivity contribution >= 4 is 13.1 Å². The first-order valence-corrected chi connectivity index (χ1v) is 10.9. The first-order chi connectivity index (χ1) is 14.4. The maximum Gasteiger partial charge on any atom is 0.451 e. The molecule has 1 aromatic rings. The zero-order valence-corrected chi connectivity index (χ0v) is 17.4. The molecule has 1 aliphatic carbocycles. The first kappa shape index (κ1) is 22.9. The van der Waals surface area contributed by atoms with Crippen LogP contribution in [0.2, 0.25) is 6.32 Å². The minimum atomic E-state index is -1.39. The zero-order chi connectivity index (χ0) is 21.7. The number of benzene rings is 1. The Hall–Kier alpha value is -1.74. The number of fused-ring (bicyclic) bond motifs is 1. The number of likely N-dealkylation sites (tertiary alicyclic amines) is 1. The van der Waals surface area contributed by atoms with Gasteiger partial charge in [0.15, 0.2) is 0 Å². The number of piperidine rings is 1. The summed E-state index contributed by atoms with van der Waals surface area (Å²) in [5, 5.41) is 27.9. The number of nitrogens with zero attached hydrogens (tertiary/aromatic N) is 1. The molecule has 0 bridgehead atoms. The molecule has 0 aromatic heterocycles. The Labute approximate surface area is 177 Å². The molecule has 1 aromatic carbocycles. The van der Waals surface area contributed by atoms with Crippen molar-refractivity contribution in [2.75, 3.05) is 19.6 Å². The molecule has 1 heterocycles. The van der Waals surface area contributed by atoms with Crippen molar-refractivity contribution in [2.45, 2.75) is 57.3 Å². The zero-order valence-electron chi connectivity index (χ0n) is 17.4. The Kier molecular flexibility index (Phi) is 8.05. The normalized spacial score (nSPS) is 21.1. The molecular weight excluding hydrogens is 386 g/mol. The molecule has 1 unspecified atom stereocenters. The average molecular weight is 418 g/mol. The van der Waals surface area contributed by atoms with Crippen molar-refractivity contribution in [3.63, 3.8) is 0 Å². The third-order valence-electron chi connectivity index (χ3n) is 6.57. The molecule has 1 saturated heterocycles. The van der Waals surface area contributed by atoms with Gasteiger partial charge < -0.3 is 20.9 Å². The highest BCUT2D eigenvalue weighted by Crippen LogP contribution is 2.38. The van der Waals surface area contributed by atoms with E-state index in [1.54, 1.807) is 6.07 Å². The van der Waals surface area contributed by atoms with Gasteiger partial charge in [-0.2, -0.15) is 0 Å². The van der Waals surface area contributed by atoms with E-state index in [1.165, 1.54) is 11.6 Å². The molecule has 164 valence electrons. The molecular formula is C22H32BFN2O4. The molecule has 0 amide bonds. The van der Waals surface area contributed by atoms with E-state index < -0.39 is 13.1 Å². The fraction of sp³-hybridized carbons (Fsp3) is 0.591. The van der Waals surface area contributed by atoms with Crippen molar-refractivity contribution < 1.29 is 24.3 Å². The molecule has 1 atom stereocenters. The van der Waals surface area contributed by atoms with Crippen molar-refractivity contribution in [2.24, 2.45) is 11.7 Å². The SMILES string of the molecule is NC/C(CCCB(O)O)=C(\C(=O)O)C1CCN(C2CCCc3ccc(F)cc32)CC1. The van der Waals surface area contributed by atoms with Crippen LogP contribution in [-0.4, -0.2) is 52.8 Å². The Morgan fingerprint density at radius 3 is 2.60 bits per heavy atom. The quantitative estimate of drug-likeness (QED) is 0.382. The summed E-state index contributed by atoms with van der Waals surface area (Å²) in [6, 6.07) is 5.28. The lowest BCUT2D eigenvalue weighted by Gasteiger charge is -2.40. The molecule has 1 fully saturated rings. The van der Waals surface area contributed by atoms with Crippen LogP contribution in [0, 0.1) is 11.7 Å². The minimum Gasteiger partial charge on any atom is -0.478 e. The van der Waals surface area contributed by atoms with Crippen LogP contribution in [-0.2, 0) is 11.2 Å². The molecule has 0 saturated carbocycles. The van der Waals surface area contributed by atoms with Gasteiger partial charge in [-0.15, -0.1) is 0 Å². The van der Waals surface area contributed by atoms with Crippen LogP contribution in [0.25, 0.3) is 0 Å². The summed E-state index contributed by atoms with van der Waals surface area (Å²) in [6.07, 6.45) is 5.68. The van der Waals surface area contributed by atoms with E-state index in [-0.39, 0.29) is 30.6 Å². The van der Waals surface area contributed by atoms with Crippen LogP contribution < -0.4 is 5.73 Å². The number of carbonyl (C=O) groups is 1. The summed E-state index contributed by atoms with van der Waals surface area (Å²) in [6.45, 7) is 1.71. The van der Waals surface area contributed by atoms with Crippen LogP contribution in [0.15, 0.2) is 29.3 Å². The van der Waals surface area contributed by atoms with Gasteiger partial charge in [-0.25, -0.2) is 9.18 Å². The first-order valence-electron chi connectivity index (χ1n) is 10.9. The fourth-order valence-corrected chi connectivity index (χ4v) is 5.08. The van der Waals surface area contributed by atoms with Crippen molar-refractivity contribution in [1.29, 1.82) is 0 Å². The number of aryl methyl sites for hydroxylation is 1. The summed E-state index contributed by atoms with van der Waals surface area (Å²) < 4.78 is 13.8. The third kappa shape index (κ3) is 5.49. The summed E-state index contributed by atoms with van der Waals surface area (Å²) >= 11 is 0. The van der Waals surface area contributed by atoms with E-state index >= 15 is 0 Å². The number of carboxylic acids is 1. The second-order valence-electron chi connectivity index (χ2n) is 8.46. The highest BCUT2D eigenvalue weighted by molar-refractivity contribution is 6.40. The Morgan fingerprint density at radius 1 is 1.23 bits per heavy atom. The number of halogens is 1. The standard InChI is InChI=1S/C22H32BFN2O4/c24-18-7-6-15-3-1-5-20(19(15)13-18)26-11-8-16(9-12-26)21(22(27)28)17(14-25)4-2-10-23(29)30/h6-7,13,16,20,29-30H,1-5,8-12,14,25H2,(H,27,28)/b21-17-. The van der Waals surface area contributed by atoms with E-state index in [0.29, 0.717) is 24.0 Å².